The van der Waals surface area contributed by atoms with E-state index >= 15 is 0 Å². The van der Waals surface area contributed by atoms with Crippen molar-refractivity contribution in [2.75, 3.05) is 0 Å². The normalized spacial score (nSPS) is 12.7. The molecule has 0 fully saturated rings. The molecular formula is C16H15F3N4O3. The van der Waals surface area contributed by atoms with Gasteiger partial charge in [-0.15, -0.1) is 0 Å². The monoisotopic (exact) mass is 368 g/mol. The van der Waals surface area contributed by atoms with E-state index in [1.807, 2.05) is 0 Å². The van der Waals surface area contributed by atoms with Crippen LogP contribution in [0.25, 0.3) is 11.0 Å². The first-order valence-electron chi connectivity index (χ1n) is 7.65. The Balaban J connectivity index is 2.09. The lowest BCUT2D eigenvalue weighted by atomic mass is 10.1. The van der Waals surface area contributed by atoms with Crippen molar-refractivity contribution in [3.8, 4) is 5.75 Å². The molecular weight excluding hydrogens is 353 g/mol. The Hall–Kier alpha value is -2.88. The van der Waals surface area contributed by atoms with Crippen LogP contribution in [-0.2, 0) is 6.61 Å². The number of aliphatic hydroxyl groups is 1. The number of hydrogen-bond acceptors (Lipinski definition) is 5. The second-order valence-electron chi connectivity index (χ2n) is 5.64. The number of halogens is 3. The lowest BCUT2D eigenvalue weighted by Gasteiger charge is -2.15. The number of aromatic amines is 1. The largest absolute Gasteiger partial charge is 0.432 e. The number of aliphatic hydroxyl groups excluding tert-OH is 1. The number of hydrogen-bond donors (Lipinski definition) is 2. The van der Waals surface area contributed by atoms with Gasteiger partial charge in [-0.05, 0) is 31.5 Å². The maximum absolute atomic E-state index is 14.0. The molecule has 0 aliphatic heterocycles. The second-order valence-corrected chi connectivity index (χ2v) is 5.64. The minimum absolute atomic E-state index is 0.138. The van der Waals surface area contributed by atoms with Gasteiger partial charge in [-0.2, -0.15) is 13.9 Å². The number of H-pyrrole nitrogens is 1. The number of aromatic nitrogens is 4. The summed E-state index contributed by atoms with van der Waals surface area (Å²) >= 11 is 0. The number of aryl methyl sites for hydroxylation is 1. The van der Waals surface area contributed by atoms with Gasteiger partial charge in [0.25, 0.3) is 5.56 Å². The van der Waals surface area contributed by atoms with Gasteiger partial charge in [0.1, 0.15) is 16.9 Å². The predicted octanol–water partition coefficient (Wildman–Crippen LogP) is 2.27. The third-order valence-corrected chi connectivity index (χ3v) is 3.92. The van der Waals surface area contributed by atoms with E-state index in [-0.39, 0.29) is 16.7 Å². The summed E-state index contributed by atoms with van der Waals surface area (Å²) in [5.41, 5.74) is 0.328. The zero-order valence-electron chi connectivity index (χ0n) is 13.8. The molecule has 0 saturated carbocycles. The minimum atomic E-state index is -3.13. The molecule has 10 heteroatoms. The predicted molar refractivity (Wildman–Crippen MR) is 85.7 cm³/mol. The summed E-state index contributed by atoms with van der Waals surface area (Å²) in [4.78, 5) is 18.9. The molecule has 0 unspecified atom stereocenters. The molecule has 2 N–H and O–H groups in total. The van der Waals surface area contributed by atoms with Crippen LogP contribution in [0.2, 0.25) is 0 Å². The molecule has 0 radical (unpaired) electrons. The number of fused-ring (bicyclic) bond motifs is 1. The fraction of sp³-hybridized carbons (Fsp3) is 0.312. The van der Waals surface area contributed by atoms with Crippen LogP contribution in [0.5, 0.6) is 5.75 Å². The molecule has 0 aliphatic rings. The van der Waals surface area contributed by atoms with Gasteiger partial charge in [0.2, 0.25) is 0 Å². The third kappa shape index (κ3) is 3.15. The van der Waals surface area contributed by atoms with Crippen molar-refractivity contribution >= 4 is 11.0 Å². The number of benzene rings is 1. The standard InChI is InChI=1S/C16H15F3N4O3/c1-7(9-3-4-12(10(17)5-9)26-16(18)19)23-14-13(11(6-24)22-23)15(25)21-8(2)20-14/h3-5,7,16,24H,6H2,1-2H3,(H,20,21,25)/t7-/m0/s1. The fourth-order valence-corrected chi connectivity index (χ4v) is 2.71. The quantitative estimate of drug-likeness (QED) is 0.721. The molecule has 7 nitrogen and oxygen atoms in total. The highest BCUT2D eigenvalue weighted by molar-refractivity contribution is 5.77. The molecule has 2 aromatic heterocycles. The molecule has 0 bridgehead atoms. The highest BCUT2D eigenvalue weighted by atomic mass is 19.3. The smallest absolute Gasteiger partial charge is 0.387 e. The van der Waals surface area contributed by atoms with Crippen molar-refractivity contribution < 1.29 is 23.0 Å². The number of ether oxygens (including phenoxy) is 1. The SMILES string of the molecule is Cc1nc2c(c(CO)nn2[C@@H](C)c2ccc(OC(F)F)c(F)c2)c(=O)[nH]1. The maximum atomic E-state index is 14.0. The van der Waals surface area contributed by atoms with E-state index in [2.05, 4.69) is 19.8 Å². The topological polar surface area (TPSA) is 93.0 Å². The molecule has 0 saturated heterocycles. The van der Waals surface area contributed by atoms with Gasteiger partial charge in [0.05, 0.1) is 12.6 Å². The highest BCUT2D eigenvalue weighted by Gasteiger charge is 2.21. The molecule has 2 heterocycles. The third-order valence-electron chi connectivity index (χ3n) is 3.92. The van der Waals surface area contributed by atoms with E-state index in [1.165, 1.54) is 10.7 Å². The zero-order valence-corrected chi connectivity index (χ0v) is 13.8. The van der Waals surface area contributed by atoms with E-state index in [9.17, 15) is 23.1 Å². The van der Waals surface area contributed by atoms with Crippen molar-refractivity contribution in [2.45, 2.75) is 33.1 Å². The van der Waals surface area contributed by atoms with Crippen LogP contribution in [0.15, 0.2) is 23.0 Å². The van der Waals surface area contributed by atoms with Crippen molar-refractivity contribution in [3.63, 3.8) is 0 Å². The fourth-order valence-electron chi connectivity index (χ4n) is 2.71. The van der Waals surface area contributed by atoms with Gasteiger partial charge in [-0.3, -0.25) is 4.79 Å². The van der Waals surface area contributed by atoms with Crippen LogP contribution >= 0.6 is 0 Å². The van der Waals surface area contributed by atoms with E-state index in [1.54, 1.807) is 13.8 Å². The van der Waals surface area contributed by atoms with Crippen LogP contribution in [0.1, 0.15) is 30.0 Å². The molecule has 3 rings (SSSR count). The number of rotatable bonds is 5. The Labute approximate surface area is 145 Å². The maximum Gasteiger partial charge on any atom is 0.387 e. The van der Waals surface area contributed by atoms with Crippen LogP contribution in [0, 0.1) is 12.7 Å². The Bertz CT molecular complexity index is 1020. The van der Waals surface area contributed by atoms with Crippen LogP contribution in [-0.4, -0.2) is 31.5 Å². The second kappa shape index (κ2) is 6.79. The zero-order chi connectivity index (χ0) is 19.0. The highest BCUT2D eigenvalue weighted by Crippen LogP contribution is 2.27. The number of nitrogens with zero attached hydrogens (tertiary/aromatic N) is 3. The van der Waals surface area contributed by atoms with Gasteiger partial charge in [0.15, 0.2) is 17.2 Å². The summed E-state index contributed by atoms with van der Waals surface area (Å²) in [5.74, 6) is -1.16. The molecule has 1 aromatic carbocycles. The lowest BCUT2D eigenvalue weighted by Crippen LogP contribution is -2.13. The Morgan fingerprint density at radius 2 is 2.12 bits per heavy atom. The molecule has 0 spiro atoms. The Kier molecular flexibility index (Phi) is 4.68. The number of nitrogens with one attached hydrogen (secondary N) is 1. The van der Waals surface area contributed by atoms with E-state index in [0.29, 0.717) is 11.4 Å². The summed E-state index contributed by atoms with van der Waals surface area (Å²) in [6.07, 6.45) is 0. The molecule has 3 aromatic rings. The first-order chi connectivity index (χ1) is 12.3. The van der Waals surface area contributed by atoms with Crippen LogP contribution < -0.4 is 10.3 Å². The average molecular weight is 368 g/mol. The molecule has 0 amide bonds. The Morgan fingerprint density at radius 3 is 2.73 bits per heavy atom. The van der Waals surface area contributed by atoms with Gasteiger partial charge in [0, 0.05) is 0 Å². The molecule has 138 valence electrons. The molecule has 26 heavy (non-hydrogen) atoms. The van der Waals surface area contributed by atoms with Crippen molar-refractivity contribution in [3.05, 3.63) is 51.5 Å². The lowest BCUT2D eigenvalue weighted by molar-refractivity contribution is -0.0522. The van der Waals surface area contributed by atoms with E-state index in [0.717, 1.165) is 12.1 Å². The van der Waals surface area contributed by atoms with Gasteiger partial charge in [-0.1, -0.05) is 6.07 Å². The first-order valence-corrected chi connectivity index (χ1v) is 7.65. The van der Waals surface area contributed by atoms with Crippen LogP contribution in [0.3, 0.4) is 0 Å². The average Bonchev–Trinajstić information content (AvgIpc) is 2.94. The van der Waals surface area contributed by atoms with Crippen molar-refractivity contribution in [1.82, 2.24) is 19.7 Å². The van der Waals surface area contributed by atoms with Crippen molar-refractivity contribution in [1.29, 1.82) is 0 Å². The molecule has 0 aliphatic carbocycles. The van der Waals surface area contributed by atoms with Gasteiger partial charge in [-0.25, -0.2) is 14.1 Å². The Morgan fingerprint density at radius 1 is 1.38 bits per heavy atom. The van der Waals surface area contributed by atoms with Crippen LogP contribution in [0.4, 0.5) is 13.2 Å². The van der Waals surface area contributed by atoms with E-state index in [4.69, 9.17) is 0 Å². The number of alkyl halides is 2. The summed E-state index contributed by atoms with van der Waals surface area (Å²) < 4.78 is 44.0. The summed E-state index contributed by atoms with van der Waals surface area (Å²) in [7, 11) is 0. The van der Waals surface area contributed by atoms with Crippen molar-refractivity contribution in [2.24, 2.45) is 0 Å². The van der Waals surface area contributed by atoms with Gasteiger partial charge >= 0.3 is 6.61 Å². The van der Waals surface area contributed by atoms with E-state index < -0.39 is 36.4 Å². The summed E-state index contributed by atoms with van der Waals surface area (Å²) in [6, 6.07) is 2.98. The summed E-state index contributed by atoms with van der Waals surface area (Å²) in [6.45, 7) is -0.334. The van der Waals surface area contributed by atoms with Gasteiger partial charge < -0.3 is 14.8 Å². The molecule has 1 atom stereocenters. The minimum Gasteiger partial charge on any atom is -0.432 e. The first kappa shape index (κ1) is 17.9. The summed E-state index contributed by atoms with van der Waals surface area (Å²) in [5, 5.41) is 13.8.